The van der Waals surface area contributed by atoms with Crippen LogP contribution in [0.3, 0.4) is 0 Å². The van der Waals surface area contributed by atoms with Crippen LogP contribution in [0.15, 0.2) is 29.2 Å². The molecule has 0 saturated carbocycles. The highest BCUT2D eigenvalue weighted by Crippen LogP contribution is 2.14. The lowest BCUT2D eigenvalue weighted by atomic mass is 10.1. The van der Waals surface area contributed by atoms with Gasteiger partial charge in [-0.25, -0.2) is 13.1 Å². The van der Waals surface area contributed by atoms with E-state index >= 15 is 0 Å². The highest BCUT2D eigenvalue weighted by Gasteiger charge is 2.19. The molecule has 0 aliphatic rings. The van der Waals surface area contributed by atoms with Gasteiger partial charge in [-0.1, -0.05) is 39.2 Å². The third kappa shape index (κ3) is 4.95. The van der Waals surface area contributed by atoms with Gasteiger partial charge in [0.1, 0.15) is 0 Å². The zero-order chi connectivity index (χ0) is 15.0. The van der Waals surface area contributed by atoms with Crippen molar-refractivity contribution in [3.63, 3.8) is 0 Å². The molecule has 1 N–H and O–H groups in total. The van der Waals surface area contributed by atoms with Crippen LogP contribution in [0.5, 0.6) is 0 Å². The summed E-state index contributed by atoms with van der Waals surface area (Å²) < 4.78 is 27.4. The Morgan fingerprint density at radius 2 is 2.00 bits per heavy atom. The van der Waals surface area contributed by atoms with Crippen molar-refractivity contribution in [2.24, 2.45) is 0 Å². The normalized spacial score (nSPS) is 12.8. The largest absolute Gasteiger partial charge is 0.240 e. The quantitative estimate of drug-likeness (QED) is 0.800. The fourth-order valence-corrected chi connectivity index (χ4v) is 3.43. The summed E-state index contributed by atoms with van der Waals surface area (Å²) in [5, 5.41) is 8.84. The van der Waals surface area contributed by atoms with E-state index in [1.165, 1.54) is 12.1 Å². The predicted octanol–water partition coefficient (Wildman–Crippen LogP) is 3.20. The predicted molar refractivity (Wildman–Crippen MR) is 79.7 cm³/mol. The number of hydrogen-bond donors (Lipinski definition) is 1. The average Bonchev–Trinajstić information content (AvgIpc) is 2.45. The van der Waals surface area contributed by atoms with Crippen molar-refractivity contribution in [2.75, 3.05) is 0 Å². The van der Waals surface area contributed by atoms with E-state index in [-0.39, 0.29) is 10.9 Å². The number of nitrogens with one attached hydrogen (secondary N) is 1. The van der Waals surface area contributed by atoms with Gasteiger partial charge in [0.2, 0.25) is 10.0 Å². The van der Waals surface area contributed by atoms with E-state index in [0.717, 1.165) is 32.1 Å². The van der Waals surface area contributed by atoms with E-state index in [2.05, 4.69) is 11.6 Å². The smallest absolute Gasteiger partial charge is 0.208 e. The first-order valence-electron chi connectivity index (χ1n) is 7.06. The molecule has 4 nitrogen and oxygen atoms in total. The molecule has 0 amide bonds. The van der Waals surface area contributed by atoms with Crippen LogP contribution >= 0.6 is 0 Å². The molecule has 0 saturated heterocycles. The maximum absolute atomic E-state index is 12.3. The molecule has 1 aromatic rings. The summed E-state index contributed by atoms with van der Waals surface area (Å²) >= 11 is 0. The Labute approximate surface area is 121 Å². The van der Waals surface area contributed by atoms with Crippen LogP contribution in [0.1, 0.15) is 51.5 Å². The van der Waals surface area contributed by atoms with Gasteiger partial charge in [-0.05, 0) is 31.0 Å². The summed E-state index contributed by atoms with van der Waals surface area (Å²) in [6.45, 7) is 4.14. The third-order valence-electron chi connectivity index (χ3n) is 3.14. The Morgan fingerprint density at radius 3 is 2.60 bits per heavy atom. The number of rotatable bonds is 8. The molecular formula is C15H22N2O2S. The number of hydrogen-bond acceptors (Lipinski definition) is 3. The molecule has 1 aromatic carbocycles. The van der Waals surface area contributed by atoms with Crippen LogP contribution in [0.25, 0.3) is 0 Å². The molecule has 0 heterocycles. The maximum atomic E-state index is 12.3. The summed E-state index contributed by atoms with van der Waals surface area (Å²) in [6, 6.07) is 8.04. The molecule has 0 spiro atoms. The van der Waals surface area contributed by atoms with E-state index < -0.39 is 10.0 Å². The van der Waals surface area contributed by atoms with Crippen molar-refractivity contribution < 1.29 is 8.42 Å². The summed E-state index contributed by atoms with van der Waals surface area (Å²) in [7, 11) is -3.55. The van der Waals surface area contributed by atoms with Crippen LogP contribution in [-0.2, 0) is 10.0 Å². The highest BCUT2D eigenvalue weighted by molar-refractivity contribution is 7.89. The van der Waals surface area contributed by atoms with Gasteiger partial charge >= 0.3 is 0 Å². The van der Waals surface area contributed by atoms with Gasteiger partial charge in [0.15, 0.2) is 0 Å². The lowest BCUT2D eigenvalue weighted by Crippen LogP contribution is -2.34. The van der Waals surface area contributed by atoms with Crippen molar-refractivity contribution in [2.45, 2.75) is 56.9 Å². The van der Waals surface area contributed by atoms with Gasteiger partial charge in [-0.2, -0.15) is 5.26 Å². The monoisotopic (exact) mass is 294 g/mol. The Morgan fingerprint density at radius 1 is 1.25 bits per heavy atom. The Hall–Kier alpha value is -1.38. The van der Waals surface area contributed by atoms with E-state index in [9.17, 15) is 8.42 Å². The van der Waals surface area contributed by atoms with Crippen LogP contribution < -0.4 is 4.72 Å². The van der Waals surface area contributed by atoms with Gasteiger partial charge in [-0.15, -0.1) is 0 Å². The van der Waals surface area contributed by atoms with Gasteiger partial charge in [0.05, 0.1) is 16.5 Å². The fourth-order valence-electron chi connectivity index (χ4n) is 2.08. The van der Waals surface area contributed by atoms with E-state index in [1.54, 1.807) is 12.1 Å². The first kappa shape index (κ1) is 16.7. The molecule has 1 unspecified atom stereocenters. The molecule has 1 rings (SSSR count). The number of sulfonamides is 1. The van der Waals surface area contributed by atoms with Crippen LogP contribution in [0.2, 0.25) is 0 Å². The molecule has 0 radical (unpaired) electrons. The molecule has 1 atom stereocenters. The SMILES string of the molecule is CCCCC(CCC)NS(=O)(=O)c1cccc(C#N)c1. The number of unbranched alkanes of at least 4 members (excludes halogenated alkanes) is 1. The van der Waals surface area contributed by atoms with E-state index in [1.807, 2.05) is 13.0 Å². The molecule has 110 valence electrons. The minimum absolute atomic E-state index is 0.0318. The van der Waals surface area contributed by atoms with Crippen LogP contribution in [-0.4, -0.2) is 14.5 Å². The molecule has 0 bridgehead atoms. The van der Waals surface area contributed by atoms with Crippen molar-refractivity contribution >= 4 is 10.0 Å². The third-order valence-corrected chi connectivity index (χ3v) is 4.66. The first-order valence-corrected chi connectivity index (χ1v) is 8.54. The molecule has 0 aliphatic carbocycles. The van der Waals surface area contributed by atoms with Crippen molar-refractivity contribution in [1.29, 1.82) is 5.26 Å². The zero-order valence-corrected chi connectivity index (χ0v) is 12.9. The second-order valence-corrected chi connectivity index (χ2v) is 6.60. The number of nitrogens with zero attached hydrogens (tertiary/aromatic N) is 1. The number of benzene rings is 1. The van der Waals surface area contributed by atoms with Gasteiger partial charge < -0.3 is 0 Å². The van der Waals surface area contributed by atoms with Crippen molar-refractivity contribution in [1.82, 2.24) is 4.72 Å². The summed E-state index contributed by atoms with van der Waals surface area (Å²) in [4.78, 5) is 0.161. The molecule has 0 fully saturated rings. The zero-order valence-electron chi connectivity index (χ0n) is 12.1. The second kappa shape index (κ2) is 8.03. The van der Waals surface area contributed by atoms with E-state index in [4.69, 9.17) is 5.26 Å². The van der Waals surface area contributed by atoms with E-state index in [0.29, 0.717) is 5.56 Å². The van der Waals surface area contributed by atoms with Gasteiger partial charge in [0, 0.05) is 6.04 Å². The minimum atomic E-state index is -3.55. The Balaban J connectivity index is 2.88. The lowest BCUT2D eigenvalue weighted by Gasteiger charge is -2.18. The van der Waals surface area contributed by atoms with Crippen LogP contribution in [0, 0.1) is 11.3 Å². The summed E-state index contributed by atoms with van der Waals surface area (Å²) in [5.74, 6) is 0. The Kier molecular flexibility index (Phi) is 6.69. The summed E-state index contributed by atoms with van der Waals surface area (Å²) in [6.07, 6.45) is 4.67. The second-order valence-electron chi connectivity index (χ2n) is 4.89. The van der Waals surface area contributed by atoms with Gasteiger partial charge in [0.25, 0.3) is 0 Å². The fraction of sp³-hybridized carbons (Fsp3) is 0.533. The standard InChI is InChI=1S/C15H22N2O2S/c1-3-5-9-14(7-4-2)17-20(18,19)15-10-6-8-13(11-15)12-16/h6,8,10-11,14,17H,3-5,7,9H2,1-2H3. The molecular weight excluding hydrogens is 272 g/mol. The lowest BCUT2D eigenvalue weighted by molar-refractivity contribution is 0.483. The average molecular weight is 294 g/mol. The Bertz CT molecular complexity index is 561. The maximum Gasteiger partial charge on any atom is 0.240 e. The molecule has 0 aliphatic heterocycles. The highest BCUT2D eigenvalue weighted by atomic mass is 32.2. The minimum Gasteiger partial charge on any atom is -0.208 e. The van der Waals surface area contributed by atoms with Crippen molar-refractivity contribution in [3.05, 3.63) is 29.8 Å². The van der Waals surface area contributed by atoms with Crippen molar-refractivity contribution in [3.8, 4) is 6.07 Å². The first-order chi connectivity index (χ1) is 9.53. The summed E-state index contributed by atoms with van der Waals surface area (Å²) in [5.41, 5.74) is 0.355. The number of nitriles is 1. The topological polar surface area (TPSA) is 70.0 Å². The molecule has 5 heteroatoms. The van der Waals surface area contributed by atoms with Gasteiger partial charge in [-0.3, -0.25) is 0 Å². The molecule has 0 aromatic heterocycles. The molecule has 20 heavy (non-hydrogen) atoms. The van der Waals surface area contributed by atoms with Crippen LogP contribution in [0.4, 0.5) is 0 Å².